The van der Waals surface area contributed by atoms with E-state index in [-0.39, 0.29) is 13.0 Å². The molecule has 6 heteroatoms. The number of β-amino-alcohol motifs (C(OH)–C–C–N with tert-alkyl or cyclic N) is 1. The van der Waals surface area contributed by atoms with Crippen molar-refractivity contribution in [3.8, 4) is 0 Å². The highest BCUT2D eigenvalue weighted by atomic mass is 16.4. The van der Waals surface area contributed by atoms with Gasteiger partial charge in [-0.1, -0.05) is 30.3 Å². The van der Waals surface area contributed by atoms with Crippen LogP contribution in [-0.2, 0) is 11.2 Å². The summed E-state index contributed by atoms with van der Waals surface area (Å²) in [7, 11) is 0. The predicted molar refractivity (Wildman–Crippen MR) is 72.3 cm³/mol. The highest BCUT2D eigenvalue weighted by Gasteiger charge is 2.28. The third-order valence-electron chi connectivity index (χ3n) is 3.33. The van der Waals surface area contributed by atoms with Crippen LogP contribution >= 0.6 is 0 Å². The molecule has 1 aliphatic heterocycles. The van der Waals surface area contributed by atoms with Crippen molar-refractivity contribution in [3.63, 3.8) is 0 Å². The first-order chi connectivity index (χ1) is 9.56. The average Bonchev–Trinajstić information content (AvgIpc) is 2.86. The summed E-state index contributed by atoms with van der Waals surface area (Å²) in [5.41, 5.74) is 0.849. The molecule has 3 N–H and O–H groups in total. The maximum absolute atomic E-state index is 11.9. The molecule has 2 rings (SSSR count). The number of hydrogen-bond donors (Lipinski definition) is 3. The maximum Gasteiger partial charge on any atom is 0.326 e. The van der Waals surface area contributed by atoms with E-state index in [0.29, 0.717) is 13.0 Å². The van der Waals surface area contributed by atoms with E-state index >= 15 is 0 Å². The number of likely N-dealkylation sites (tertiary alicyclic amines) is 1. The van der Waals surface area contributed by atoms with Crippen molar-refractivity contribution >= 4 is 12.0 Å². The third-order valence-corrected chi connectivity index (χ3v) is 3.33. The number of aliphatic hydroxyl groups excluding tert-OH is 1. The summed E-state index contributed by atoms with van der Waals surface area (Å²) in [6.07, 6.45) is 0.250. The molecular weight excluding hydrogens is 260 g/mol. The summed E-state index contributed by atoms with van der Waals surface area (Å²) in [6.45, 7) is 0.703. The lowest BCUT2D eigenvalue weighted by Crippen LogP contribution is -2.48. The number of aliphatic carboxylic acids is 1. The molecule has 1 unspecified atom stereocenters. The van der Waals surface area contributed by atoms with Gasteiger partial charge in [-0.25, -0.2) is 9.59 Å². The Labute approximate surface area is 117 Å². The van der Waals surface area contributed by atoms with E-state index in [1.54, 1.807) is 0 Å². The zero-order valence-corrected chi connectivity index (χ0v) is 11.0. The fourth-order valence-corrected chi connectivity index (χ4v) is 2.22. The van der Waals surface area contributed by atoms with E-state index in [4.69, 9.17) is 0 Å². The molecule has 1 aromatic carbocycles. The standard InChI is InChI=1S/C14H18N2O4/c17-11-6-7-16(9-11)14(20)15-12(13(18)19)8-10-4-2-1-3-5-10/h1-5,11-12,17H,6-9H2,(H,15,20)(H,18,19)/t11?,12-/m1/s1. The molecular formula is C14H18N2O4. The van der Waals surface area contributed by atoms with E-state index < -0.39 is 24.1 Å². The second-order valence-corrected chi connectivity index (χ2v) is 4.92. The largest absolute Gasteiger partial charge is 0.480 e. The number of aliphatic hydroxyl groups is 1. The van der Waals surface area contributed by atoms with Gasteiger partial charge in [0.2, 0.25) is 0 Å². The molecule has 0 spiro atoms. The zero-order valence-electron chi connectivity index (χ0n) is 11.0. The SMILES string of the molecule is O=C(O)[C@@H](Cc1ccccc1)NC(=O)N1CCC(O)C1. The molecule has 6 nitrogen and oxygen atoms in total. The van der Waals surface area contributed by atoms with Gasteiger partial charge >= 0.3 is 12.0 Å². The first kappa shape index (κ1) is 14.3. The van der Waals surface area contributed by atoms with Crippen LogP contribution in [0.15, 0.2) is 30.3 Å². The quantitative estimate of drug-likeness (QED) is 0.746. The molecule has 2 amide bonds. The Morgan fingerprint density at radius 3 is 2.60 bits per heavy atom. The molecule has 0 aromatic heterocycles. The molecule has 1 saturated heterocycles. The molecule has 2 atom stereocenters. The Bertz CT molecular complexity index is 477. The molecule has 0 saturated carbocycles. The summed E-state index contributed by atoms with van der Waals surface area (Å²) in [6, 6.07) is 7.74. The Hall–Kier alpha value is -2.08. The first-order valence-electron chi connectivity index (χ1n) is 6.56. The van der Waals surface area contributed by atoms with Crippen LogP contribution in [0.3, 0.4) is 0 Å². The smallest absolute Gasteiger partial charge is 0.326 e. The van der Waals surface area contributed by atoms with Gasteiger partial charge in [0, 0.05) is 19.5 Å². The van der Waals surface area contributed by atoms with Crippen LogP contribution in [0.5, 0.6) is 0 Å². The van der Waals surface area contributed by atoms with Crippen molar-refractivity contribution in [1.82, 2.24) is 10.2 Å². The number of hydrogen-bond acceptors (Lipinski definition) is 3. The van der Waals surface area contributed by atoms with Crippen LogP contribution in [-0.4, -0.2) is 52.3 Å². The average molecular weight is 278 g/mol. The minimum absolute atomic E-state index is 0.234. The number of urea groups is 1. The number of carboxylic acids is 1. The predicted octanol–water partition coefficient (Wildman–Crippen LogP) is 0.459. The van der Waals surface area contributed by atoms with Crippen LogP contribution in [0.25, 0.3) is 0 Å². The van der Waals surface area contributed by atoms with Crippen molar-refractivity contribution < 1.29 is 19.8 Å². The Balaban J connectivity index is 1.96. The Kier molecular flexibility index (Phi) is 4.57. The summed E-state index contributed by atoms with van der Waals surface area (Å²) in [5, 5.41) is 21.1. The second kappa shape index (κ2) is 6.38. The molecule has 1 heterocycles. The Morgan fingerprint density at radius 1 is 1.35 bits per heavy atom. The van der Waals surface area contributed by atoms with Gasteiger partial charge in [-0.05, 0) is 12.0 Å². The second-order valence-electron chi connectivity index (χ2n) is 4.92. The molecule has 0 bridgehead atoms. The van der Waals surface area contributed by atoms with Crippen molar-refractivity contribution in [2.24, 2.45) is 0 Å². The number of rotatable bonds is 4. The summed E-state index contributed by atoms with van der Waals surface area (Å²) in [4.78, 5) is 24.6. The van der Waals surface area contributed by atoms with Crippen LogP contribution in [0.4, 0.5) is 4.79 Å². The molecule has 1 fully saturated rings. The van der Waals surface area contributed by atoms with Crippen LogP contribution in [0.1, 0.15) is 12.0 Å². The molecule has 0 aliphatic carbocycles. The van der Waals surface area contributed by atoms with Crippen molar-refractivity contribution in [1.29, 1.82) is 0 Å². The highest BCUT2D eigenvalue weighted by Crippen LogP contribution is 2.10. The van der Waals surface area contributed by atoms with E-state index in [0.717, 1.165) is 5.56 Å². The summed E-state index contributed by atoms with van der Waals surface area (Å²) in [5.74, 6) is -1.07. The number of nitrogens with zero attached hydrogens (tertiary/aromatic N) is 1. The van der Waals surface area contributed by atoms with Gasteiger partial charge in [-0.15, -0.1) is 0 Å². The normalized spacial score (nSPS) is 19.6. The lowest BCUT2D eigenvalue weighted by molar-refractivity contribution is -0.139. The van der Waals surface area contributed by atoms with Crippen LogP contribution < -0.4 is 5.32 Å². The monoisotopic (exact) mass is 278 g/mol. The van der Waals surface area contributed by atoms with Gasteiger partial charge in [0.1, 0.15) is 6.04 Å². The topological polar surface area (TPSA) is 89.9 Å². The van der Waals surface area contributed by atoms with E-state index in [1.165, 1.54) is 4.90 Å². The van der Waals surface area contributed by atoms with Crippen LogP contribution in [0.2, 0.25) is 0 Å². The first-order valence-corrected chi connectivity index (χ1v) is 6.56. The third kappa shape index (κ3) is 3.71. The Morgan fingerprint density at radius 2 is 2.05 bits per heavy atom. The van der Waals surface area contributed by atoms with Crippen molar-refractivity contribution in [2.75, 3.05) is 13.1 Å². The van der Waals surface area contributed by atoms with E-state index in [2.05, 4.69) is 5.32 Å². The van der Waals surface area contributed by atoms with E-state index in [9.17, 15) is 19.8 Å². The molecule has 1 aromatic rings. The minimum atomic E-state index is -1.07. The number of carboxylic acid groups (broad SMARTS) is 1. The van der Waals surface area contributed by atoms with Gasteiger partial charge in [-0.2, -0.15) is 0 Å². The lowest BCUT2D eigenvalue weighted by atomic mass is 10.1. The number of carbonyl (C=O) groups excluding carboxylic acids is 1. The van der Waals surface area contributed by atoms with Crippen molar-refractivity contribution in [3.05, 3.63) is 35.9 Å². The number of nitrogens with one attached hydrogen (secondary N) is 1. The van der Waals surface area contributed by atoms with Gasteiger partial charge in [-0.3, -0.25) is 0 Å². The van der Waals surface area contributed by atoms with Gasteiger partial charge in [0.05, 0.1) is 6.10 Å². The van der Waals surface area contributed by atoms with Gasteiger partial charge < -0.3 is 20.4 Å². The zero-order chi connectivity index (χ0) is 14.5. The van der Waals surface area contributed by atoms with Gasteiger partial charge in [0.15, 0.2) is 0 Å². The summed E-state index contributed by atoms with van der Waals surface area (Å²) < 4.78 is 0. The van der Waals surface area contributed by atoms with E-state index in [1.807, 2.05) is 30.3 Å². The summed E-state index contributed by atoms with van der Waals surface area (Å²) >= 11 is 0. The fourth-order valence-electron chi connectivity index (χ4n) is 2.22. The molecule has 20 heavy (non-hydrogen) atoms. The number of benzene rings is 1. The minimum Gasteiger partial charge on any atom is -0.480 e. The lowest BCUT2D eigenvalue weighted by Gasteiger charge is -2.20. The maximum atomic E-state index is 11.9. The molecule has 1 aliphatic rings. The van der Waals surface area contributed by atoms with Crippen LogP contribution in [0, 0.1) is 0 Å². The fraction of sp³-hybridized carbons (Fsp3) is 0.429. The number of carbonyl (C=O) groups is 2. The highest BCUT2D eigenvalue weighted by molar-refractivity contribution is 5.83. The molecule has 0 radical (unpaired) electrons. The molecule has 108 valence electrons. The van der Waals surface area contributed by atoms with Crippen molar-refractivity contribution in [2.45, 2.75) is 25.0 Å². The number of amides is 2. The van der Waals surface area contributed by atoms with Gasteiger partial charge in [0.25, 0.3) is 0 Å².